The van der Waals surface area contributed by atoms with Gasteiger partial charge in [0.15, 0.2) is 0 Å². The van der Waals surface area contributed by atoms with E-state index in [2.05, 4.69) is 12.2 Å². The molecule has 0 unspecified atom stereocenters. The summed E-state index contributed by atoms with van der Waals surface area (Å²) < 4.78 is 0. The Bertz CT molecular complexity index is 1010. The zero-order valence-electron chi connectivity index (χ0n) is 16.7. The number of carboxylic acids is 1. The number of nitro benzene ring substituents is 1. The number of phenols is 1. The summed E-state index contributed by atoms with van der Waals surface area (Å²) in [6, 6.07) is 6.78. The summed E-state index contributed by atoms with van der Waals surface area (Å²) in [5, 5.41) is 33.0. The van der Waals surface area contributed by atoms with Crippen LogP contribution in [0.3, 0.4) is 0 Å². The van der Waals surface area contributed by atoms with E-state index in [1.54, 1.807) is 6.07 Å². The van der Waals surface area contributed by atoms with Crippen molar-refractivity contribution in [3.8, 4) is 5.75 Å². The van der Waals surface area contributed by atoms with Crippen molar-refractivity contribution < 1.29 is 24.7 Å². The second-order valence-electron chi connectivity index (χ2n) is 7.58. The number of hydrogen-bond donors (Lipinski definition) is 3. The number of hydrogen-bond acceptors (Lipinski definition) is 6. The van der Waals surface area contributed by atoms with Gasteiger partial charge in [0.05, 0.1) is 16.2 Å². The van der Waals surface area contributed by atoms with Crippen LogP contribution in [-0.2, 0) is 0 Å². The Morgan fingerprint density at radius 1 is 1.17 bits per heavy atom. The summed E-state index contributed by atoms with van der Waals surface area (Å²) in [6.07, 6.45) is 1.91. The number of nitro groups is 1. The van der Waals surface area contributed by atoms with E-state index in [4.69, 9.17) is 0 Å². The molecular formula is C21H23N3O6. The van der Waals surface area contributed by atoms with Gasteiger partial charge in [0.2, 0.25) is 0 Å². The summed E-state index contributed by atoms with van der Waals surface area (Å²) in [6.45, 7) is 5.15. The van der Waals surface area contributed by atoms with Crippen LogP contribution < -0.4 is 10.2 Å². The van der Waals surface area contributed by atoms with Gasteiger partial charge >= 0.3 is 5.97 Å². The third kappa shape index (κ3) is 4.35. The van der Waals surface area contributed by atoms with Crippen molar-refractivity contribution in [3.63, 3.8) is 0 Å². The molecule has 1 aliphatic heterocycles. The summed E-state index contributed by atoms with van der Waals surface area (Å²) in [7, 11) is 0. The molecule has 9 nitrogen and oxygen atoms in total. The molecule has 3 N–H and O–H groups in total. The number of aromatic carboxylic acids is 1. The molecule has 1 amide bonds. The number of piperidine rings is 1. The number of nitrogens with zero attached hydrogens (tertiary/aromatic N) is 2. The minimum absolute atomic E-state index is 0.140. The first kappa shape index (κ1) is 21.1. The van der Waals surface area contributed by atoms with E-state index < -0.39 is 16.8 Å². The van der Waals surface area contributed by atoms with Crippen molar-refractivity contribution in [2.45, 2.75) is 26.7 Å². The van der Waals surface area contributed by atoms with Crippen molar-refractivity contribution in [1.29, 1.82) is 0 Å². The van der Waals surface area contributed by atoms with Gasteiger partial charge in [-0.1, -0.05) is 6.92 Å². The number of carbonyl (C=O) groups excluding carboxylic acids is 1. The number of rotatable bonds is 5. The highest BCUT2D eigenvalue weighted by atomic mass is 16.6. The molecule has 1 saturated heterocycles. The number of nitrogens with one attached hydrogen (secondary N) is 1. The molecule has 0 spiro atoms. The van der Waals surface area contributed by atoms with E-state index in [0.29, 0.717) is 11.6 Å². The maximum absolute atomic E-state index is 13.0. The third-order valence-electron chi connectivity index (χ3n) is 5.35. The fraction of sp³-hybridized carbons (Fsp3) is 0.333. The highest BCUT2D eigenvalue weighted by Gasteiger charge is 2.24. The average molecular weight is 413 g/mol. The van der Waals surface area contributed by atoms with Gasteiger partial charge in [0.1, 0.15) is 11.3 Å². The Labute approximate surface area is 173 Å². The SMILES string of the molecule is Cc1cc(NC(=O)c2cc([N+](=O)[O-])ccc2N2CCC(C)CC2)cc(C(=O)O)c1O. The molecule has 0 aliphatic carbocycles. The molecule has 1 heterocycles. The predicted octanol–water partition coefficient (Wildman–Crippen LogP) is 3.80. The lowest BCUT2D eigenvalue weighted by atomic mass is 9.97. The van der Waals surface area contributed by atoms with E-state index in [0.717, 1.165) is 32.0 Å². The fourth-order valence-electron chi connectivity index (χ4n) is 3.56. The topological polar surface area (TPSA) is 133 Å². The number of aryl methyl sites for hydroxylation is 1. The van der Waals surface area contributed by atoms with Crippen molar-refractivity contribution in [1.82, 2.24) is 0 Å². The molecule has 0 radical (unpaired) electrons. The molecule has 2 aromatic carbocycles. The summed E-state index contributed by atoms with van der Waals surface area (Å²) in [5.74, 6) is -1.72. The first-order valence-corrected chi connectivity index (χ1v) is 9.59. The Morgan fingerprint density at radius 2 is 1.83 bits per heavy atom. The summed E-state index contributed by atoms with van der Waals surface area (Å²) in [4.78, 5) is 37.1. The van der Waals surface area contributed by atoms with Gasteiger partial charge in [-0.05, 0) is 49.4 Å². The second kappa shape index (κ2) is 8.40. The van der Waals surface area contributed by atoms with E-state index in [-0.39, 0.29) is 33.8 Å². The van der Waals surface area contributed by atoms with Crippen LogP contribution in [0.15, 0.2) is 30.3 Å². The average Bonchev–Trinajstić information content (AvgIpc) is 2.70. The van der Waals surface area contributed by atoms with Crippen molar-refractivity contribution >= 4 is 28.9 Å². The quantitative estimate of drug-likeness (QED) is 0.386. The van der Waals surface area contributed by atoms with Gasteiger partial charge in [-0.25, -0.2) is 4.79 Å². The van der Waals surface area contributed by atoms with Crippen LogP contribution in [-0.4, -0.2) is 40.1 Å². The van der Waals surface area contributed by atoms with Gasteiger partial charge in [-0.3, -0.25) is 14.9 Å². The van der Waals surface area contributed by atoms with Crippen LogP contribution >= 0.6 is 0 Å². The van der Waals surface area contributed by atoms with Crippen LogP contribution in [0, 0.1) is 23.0 Å². The predicted molar refractivity (Wildman–Crippen MR) is 111 cm³/mol. The monoisotopic (exact) mass is 413 g/mol. The lowest BCUT2D eigenvalue weighted by molar-refractivity contribution is -0.384. The third-order valence-corrected chi connectivity index (χ3v) is 5.35. The molecule has 1 aliphatic rings. The number of carbonyl (C=O) groups is 2. The molecule has 0 atom stereocenters. The largest absolute Gasteiger partial charge is 0.507 e. The summed E-state index contributed by atoms with van der Waals surface area (Å²) in [5.41, 5.74) is 0.657. The number of non-ortho nitro benzene ring substituents is 1. The Balaban J connectivity index is 1.97. The normalized spacial score (nSPS) is 14.4. The first-order chi connectivity index (χ1) is 14.2. The highest BCUT2D eigenvalue weighted by Crippen LogP contribution is 2.31. The maximum Gasteiger partial charge on any atom is 0.339 e. The van der Waals surface area contributed by atoms with Crippen LogP contribution in [0.1, 0.15) is 46.0 Å². The highest BCUT2D eigenvalue weighted by molar-refractivity contribution is 6.09. The van der Waals surface area contributed by atoms with Crippen LogP contribution in [0.4, 0.5) is 17.1 Å². The van der Waals surface area contributed by atoms with Crippen molar-refractivity contribution in [2.75, 3.05) is 23.3 Å². The minimum atomic E-state index is -1.33. The van der Waals surface area contributed by atoms with E-state index in [1.165, 1.54) is 25.1 Å². The number of carboxylic acid groups (broad SMARTS) is 1. The molecular weight excluding hydrogens is 390 g/mol. The number of amides is 1. The zero-order chi connectivity index (χ0) is 22.0. The van der Waals surface area contributed by atoms with E-state index >= 15 is 0 Å². The van der Waals surface area contributed by atoms with Gasteiger partial charge in [0, 0.05) is 30.9 Å². The smallest absolute Gasteiger partial charge is 0.339 e. The van der Waals surface area contributed by atoms with Gasteiger partial charge < -0.3 is 20.4 Å². The molecule has 3 rings (SSSR count). The van der Waals surface area contributed by atoms with Crippen LogP contribution in [0.2, 0.25) is 0 Å². The lowest BCUT2D eigenvalue weighted by Crippen LogP contribution is -2.34. The number of aromatic hydroxyl groups is 1. The molecule has 1 fully saturated rings. The fourth-order valence-corrected chi connectivity index (χ4v) is 3.56. The van der Waals surface area contributed by atoms with Gasteiger partial charge in [-0.15, -0.1) is 0 Å². The second-order valence-corrected chi connectivity index (χ2v) is 7.58. The number of benzene rings is 2. The molecule has 0 aromatic heterocycles. The molecule has 158 valence electrons. The Kier molecular flexibility index (Phi) is 5.91. The Morgan fingerprint density at radius 3 is 2.43 bits per heavy atom. The molecule has 30 heavy (non-hydrogen) atoms. The lowest BCUT2D eigenvalue weighted by Gasteiger charge is -2.33. The van der Waals surface area contributed by atoms with Crippen molar-refractivity contribution in [3.05, 3.63) is 57.1 Å². The summed E-state index contributed by atoms with van der Waals surface area (Å²) >= 11 is 0. The van der Waals surface area contributed by atoms with Gasteiger partial charge in [-0.2, -0.15) is 0 Å². The van der Waals surface area contributed by atoms with Crippen molar-refractivity contribution in [2.24, 2.45) is 5.92 Å². The zero-order valence-corrected chi connectivity index (χ0v) is 16.7. The van der Waals surface area contributed by atoms with Crippen LogP contribution in [0.25, 0.3) is 0 Å². The van der Waals surface area contributed by atoms with E-state index in [1.807, 2.05) is 4.90 Å². The van der Waals surface area contributed by atoms with Gasteiger partial charge in [0.25, 0.3) is 11.6 Å². The molecule has 0 bridgehead atoms. The Hall–Kier alpha value is -3.62. The maximum atomic E-state index is 13.0. The van der Waals surface area contributed by atoms with Crippen LogP contribution in [0.5, 0.6) is 5.75 Å². The molecule has 9 heteroatoms. The first-order valence-electron chi connectivity index (χ1n) is 9.59. The minimum Gasteiger partial charge on any atom is -0.507 e. The molecule has 0 saturated carbocycles. The number of anilines is 2. The van der Waals surface area contributed by atoms with E-state index in [9.17, 15) is 29.9 Å². The standard InChI is InChI=1S/C21H23N3O6/c1-12-5-7-23(8-6-12)18-4-3-15(24(29)30)11-16(18)20(26)22-14-9-13(2)19(25)17(10-14)21(27)28/h3-4,9-12,25H,5-8H2,1-2H3,(H,22,26)(H,27,28). The molecule has 2 aromatic rings.